The maximum atomic E-state index is 13.2. The van der Waals surface area contributed by atoms with E-state index in [2.05, 4.69) is 29.1 Å². The van der Waals surface area contributed by atoms with E-state index in [4.69, 9.17) is 9.84 Å². The number of rotatable bonds is 7. The van der Waals surface area contributed by atoms with E-state index in [-0.39, 0.29) is 11.7 Å². The van der Waals surface area contributed by atoms with Crippen molar-refractivity contribution in [2.24, 2.45) is 16.3 Å². The molecule has 0 bridgehead atoms. The molecule has 9 nitrogen and oxygen atoms in total. The summed E-state index contributed by atoms with van der Waals surface area (Å²) in [6, 6.07) is 10.2. The molecular weight excluding hydrogens is 446 g/mol. The van der Waals surface area contributed by atoms with Crippen LogP contribution in [0, 0.1) is 11.3 Å². The minimum absolute atomic E-state index is 0.0123. The minimum atomic E-state index is -1.11. The van der Waals surface area contributed by atoms with E-state index in [1.807, 2.05) is 19.1 Å². The van der Waals surface area contributed by atoms with Crippen LogP contribution in [0.3, 0.4) is 0 Å². The van der Waals surface area contributed by atoms with Crippen molar-refractivity contribution in [1.82, 2.24) is 14.8 Å². The molecule has 35 heavy (non-hydrogen) atoms. The number of amides is 2. The number of nitrogens with one attached hydrogen (secondary N) is 1. The van der Waals surface area contributed by atoms with Crippen LogP contribution in [-0.4, -0.2) is 57.6 Å². The third kappa shape index (κ3) is 6.09. The normalized spacial score (nSPS) is 18.3. The van der Waals surface area contributed by atoms with E-state index in [1.165, 1.54) is 25.1 Å². The second kappa shape index (κ2) is 10.3. The van der Waals surface area contributed by atoms with Crippen LogP contribution < -0.4 is 10.1 Å². The number of carboxylic acid groups (broad SMARTS) is 1. The molecule has 1 aliphatic heterocycles. The molecule has 2 heterocycles. The quantitative estimate of drug-likeness (QED) is 0.560. The fourth-order valence-electron chi connectivity index (χ4n) is 4.43. The number of carboxylic acids is 1. The molecule has 186 valence electrons. The zero-order chi connectivity index (χ0) is 25.0. The maximum absolute atomic E-state index is 13.2. The lowest BCUT2D eigenvalue weighted by atomic mass is 9.73. The van der Waals surface area contributed by atoms with E-state index < -0.39 is 5.97 Å². The Morgan fingerprint density at radius 3 is 2.54 bits per heavy atom. The zero-order valence-corrected chi connectivity index (χ0v) is 20.5. The number of carbonyl (C=O) groups excluding carboxylic acids is 1. The monoisotopic (exact) mass is 479 g/mol. The molecular formula is C26H33N5O4. The smallest absolute Gasteiger partial charge is 0.354 e. The summed E-state index contributed by atoms with van der Waals surface area (Å²) in [6.07, 6.45) is 5.96. The lowest BCUT2D eigenvalue weighted by molar-refractivity contribution is 0.0690. The number of hydrogen-bond donors (Lipinski definition) is 2. The maximum Gasteiger partial charge on any atom is 0.354 e. The number of hydrogen-bond acceptors (Lipinski definition) is 6. The number of aromatic nitrogens is 1. The number of aliphatic imine (C=N–C) groups is 1. The summed E-state index contributed by atoms with van der Waals surface area (Å²) >= 11 is 0. The van der Waals surface area contributed by atoms with Crippen molar-refractivity contribution in [1.29, 1.82) is 0 Å². The van der Waals surface area contributed by atoms with Crippen LogP contribution in [0.2, 0.25) is 0 Å². The van der Waals surface area contributed by atoms with Crippen molar-refractivity contribution in [2.75, 3.05) is 25.1 Å². The first-order valence-electron chi connectivity index (χ1n) is 12.1. The summed E-state index contributed by atoms with van der Waals surface area (Å²) in [6.45, 7) is 8.21. The zero-order valence-electron chi connectivity index (χ0n) is 20.5. The Kier molecular flexibility index (Phi) is 7.23. The Morgan fingerprint density at radius 2 is 1.89 bits per heavy atom. The predicted molar refractivity (Wildman–Crippen MR) is 134 cm³/mol. The van der Waals surface area contributed by atoms with Crippen LogP contribution >= 0.6 is 0 Å². The van der Waals surface area contributed by atoms with Crippen LogP contribution in [0.15, 0.2) is 47.6 Å². The van der Waals surface area contributed by atoms with Crippen molar-refractivity contribution in [3.63, 3.8) is 0 Å². The van der Waals surface area contributed by atoms with Gasteiger partial charge < -0.3 is 20.1 Å². The summed E-state index contributed by atoms with van der Waals surface area (Å²) in [7, 11) is 0. The van der Waals surface area contributed by atoms with Gasteiger partial charge in [0.15, 0.2) is 5.69 Å². The standard InChI is InChI=1S/C26H33N5O4/c1-4-30-17-28-24(31(25(30)34)16-18-9-12-26(2,3)13-10-18)29-19-5-7-20(8-6-19)35-21-11-14-27-22(15-21)23(32)33/h5-8,11,14-15,18H,4,9-10,12-13,16-17H2,1-3H3,(H,28,29)(H,32,33). The van der Waals surface area contributed by atoms with Crippen LogP contribution in [0.1, 0.15) is 56.9 Å². The molecule has 2 amide bonds. The molecule has 2 aliphatic rings. The number of carbonyl (C=O) groups is 2. The molecule has 1 aliphatic carbocycles. The van der Waals surface area contributed by atoms with Gasteiger partial charge in [-0.15, -0.1) is 0 Å². The van der Waals surface area contributed by atoms with E-state index in [1.54, 1.807) is 28.0 Å². The van der Waals surface area contributed by atoms with Crippen LogP contribution in [-0.2, 0) is 0 Å². The SMILES string of the molecule is CCN1CN=C(Nc2ccc(Oc3ccnc(C(=O)O)c3)cc2)N(CC2CCC(C)(C)CC2)C1=O. The first-order valence-corrected chi connectivity index (χ1v) is 12.1. The van der Waals surface area contributed by atoms with Crippen molar-refractivity contribution in [2.45, 2.75) is 46.5 Å². The van der Waals surface area contributed by atoms with Gasteiger partial charge in [-0.25, -0.2) is 19.6 Å². The molecule has 4 rings (SSSR count). The van der Waals surface area contributed by atoms with Crippen molar-refractivity contribution in [3.05, 3.63) is 48.3 Å². The summed E-state index contributed by atoms with van der Waals surface area (Å²) in [5, 5.41) is 12.4. The van der Waals surface area contributed by atoms with E-state index in [0.29, 0.717) is 48.5 Å². The largest absolute Gasteiger partial charge is 0.477 e. The summed E-state index contributed by atoms with van der Waals surface area (Å²) < 4.78 is 5.77. The number of aromatic carboxylic acids is 1. The van der Waals surface area contributed by atoms with Gasteiger partial charge in [0, 0.05) is 31.0 Å². The Hall–Kier alpha value is -3.62. The number of pyridine rings is 1. The molecule has 0 spiro atoms. The predicted octanol–water partition coefficient (Wildman–Crippen LogP) is 5.27. The third-order valence-electron chi connectivity index (χ3n) is 6.73. The fourth-order valence-corrected chi connectivity index (χ4v) is 4.43. The number of ether oxygens (including phenoxy) is 1. The average Bonchev–Trinajstić information content (AvgIpc) is 2.84. The lowest BCUT2D eigenvalue weighted by Gasteiger charge is -2.39. The first kappa shape index (κ1) is 24.5. The van der Waals surface area contributed by atoms with Gasteiger partial charge in [-0.05, 0) is 74.3 Å². The second-order valence-corrected chi connectivity index (χ2v) is 9.91. The number of guanidine groups is 1. The highest BCUT2D eigenvalue weighted by Crippen LogP contribution is 2.38. The Labute approximate surface area is 205 Å². The van der Waals surface area contributed by atoms with Gasteiger partial charge in [-0.3, -0.25) is 4.90 Å². The molecule has 0 atom stereocenters. The number of nitrogens with zero attached hydrogens (tertiary/aromatic N) is 4. The van der Waals surface area contributed by atoms with E-state index in [9.17, 15) is 9.59 Å². The third-order valence-corrected chi connectivity index (χ3v) is 6.73. The number of anilines is 1. The lowest BCUT2D eigenvalue weighted by Crippen LogP contribution is -2.54. The van der Waals surface area contributed by atoms with Crippen LogP contribution in [0.25, 0.3) is 0 Å². The highest BCUT2D eigenvalue weighted by atomic mass is 16.5. The van der Waals surface area contributed by atoms with Crippen molar-refractivity contribution >= 4 is 23.6 Å². The van der Waals surface area contributed by atoms with Crippen LogP contribution in [0.5, 0.6) is 11.5 Å². The Balaban J connectivity index is 1.44. The van der Waals surface area contributed by atoms with Gasteiger partial charge in [0.2, 0.25) is 5.96 Å². The summed E-state index contributed by atoms with van der Waals surface area (Å²) in [5.74, 6) is 0.863. The number of urea groups is 1. The molecule has 1 aromatic carbocycles. The molecule has 9 heteroatoms. The summed E-state index contributed by atoms with van der Waals surface area (Å²) in [5.41, 5.74) is 1.08. The highest BCUT2D eigenvalue weighted by molar-refractivity contribution is 6.05. The van der Waals surface area contributed by atoms with Gasteiger partial charge in [-0.2, -0.15) is 0 Å². The number of benzene rings is 1. The minimum Gasteiger partial charge on any atom is -0.477 e. The topological polar surface area (TPSA) is 107 Å². The van der Waals surface area contributed by atoms with Crippen molar-refractivity contribution < 1.29 is 19.4 Å². The van der Waals surface area contributed by atoms with Gasteiger partial charge in [0.1, 0.15) is 18.2 Å². The molecule has 1 saturated carbocycles. The van der Waals surface area contributed by atoms with Gasteiger partial charge in [0.05, 0.1) is 0 Å². The van der Waals surface area contributed by atoms with Gasteiger partial charge in [0.25, 0.3) is 0 Å². The van der Waals surface area contributed by atoms with E-state index >= 15 is 0 Å². The highest BCUT2D eigenvalue weighted by Gasteiger charge is 2.33. The molecule has 1 aromatic heterocycles. The Morgan fingerprint density at radius 1 is 1.17 bits per heavy atom. The van der Waals surface area contributed by atoms with E-state index in [0.717, 1.165) is 18.5 Å². The van der Waals surface area contributed by atoms with Crippen molar-refractivity contribution in [3.8, 4) is 11.5 Å². The Bertz CT molecular complexity index is 1090. The fraction of sp³-hybridized carbons (Fsp3) is 0.462. The molecule has 2 aromatic rings. The second-order valence-electron chi connectivity index (χ2n) is 9.91. The molecule has 1 fully saturated rings. The van der Waals surface area contributed by atoms with Crippen LogP contribution in [0.4, 0.5) is 10.5 Å². The average molecular weight is 480 g/mol. The molecule has 2 N–H and O–H groups in total. The molecule has 0 unspecified atom stereocenters. The van der Waals surface area contributed by atoms with Gasteiger partial charge in [-0.1, -0.05) is 13.8 Å². The summed E-state index contributed by atoms with van der Waals surface area (Å²) in [4.78, 5) is 36.3. The van der Waals surface area contributed by atoms with Gasteiger partial charge >= 0.3 is 12.0 Å². The molecule has 0 radical (unpaired) electrons. The molecule has 0 saturated heterocycles. The first-order chi connectivity index (χ1) is 16.7.